The lowest BCUT2D eigenvalue weighted by Crippen LogP contribution is -2.38. The Morgan fingerprint density at radius 2 is 1.26 bits per heavy atom. The molecule has 0 aliphatic heterocycles. The van der Waals surface area contributed by atoms with E-state index < -0.39 is 6.04 Å². The summed E-state index contributed by atoms with van der Waals surface area (Å²) in [5.74, 6) is 1.48. The van der Waals surface area contributed by atoms with E-state index in [2.05, 4.69) is 22.4 Å². The Bertz CT molecular complexity index is 1090. The molecule has 0 aliphatic carbocycles. The van der Waals surface area contributed by atoms with Crippen LogP contribution in [0.3, 0.4) is 0 Å². The lowest BCUT2D eigenvalue weighted by Gasteiger charge is -2.13. The van der Waals surface area contributed by atoms with Crippen molar-refractivity contribution in [2.45, 2.75) is 57.6 Å². The molecule has 210 valence electrons. The van der Waals surface area contributed by atoms with Gasteiger partial charge in [0, 0.05) is 13.0 Å². The molecule has 0 saturated carbocycles. The molecule has 39 heavy (non-hydrogen) atoms. The third-order valence-corrected chi connectivity index (χ3v) is 6.09. The van der Waals surface area contributed by atoms with Crippen molar-refractivity contribution in [1.29, 1.82) is 0 Å². The number of halogens is 1. The molecule has 0 unspecified atom stereocenters. The van der Waals surface area contributed by atoms with Crippen LogP contribution in [0.15, 0.2) is 89.9 Å². The van der Waals surface area contributed by atoms with Gasteiger partial charge in [-0.05, 0) is 48.2 Å². The van der Waals surface area contributed by atoms with Crippen molar-refractivity contribution >= 4 is 24.3 Å². The molecule has 1 amide bonds. The number of nitrogens with two attached hydrogens (primary N) is 2. The van der Waals surface area contributed by atoms with Gasteiger partial charge in [0.05, 0.1) is 6.61 Å². The molecule has 8 heteroatoms. The number of carbonyl (C=O) groups excluding carboxylic acids is 1. The number of benzene rings is 3. The highest BCUT2D eigenvalue weighted by molar-refractivity contribution is 5.86. The van der Waals surface area contributed by atoms with Crippen LogP contribution in [0.25, 0.3) is 0 Å². The number of guanidine groups is 1. The van der Waals surface area contributed by atoms with Gasteiger partial charge in [-0.3, -0.25) is 4.79 Å². The SMILES string of the molecule is Cl.NC(N)=N[C@@H](Cc1ccccc1)C(=O)NCCCCCCCCOc1ccc(OCc2ccccc2)cc1. The Kier molecular flexibility index (Phi) is 15.0. The largest absolute Gasteiger partial charge is 0.494 e. The molecule has 0 heterocycles. The fraction of sp³-hybridized carbons (Fsp3) is 0.355. The molecule has 0 aliphatic rings. The maximum atomic E-state index is 12.6. The zero-order valence-electron chi connectivity index (χ0n) is 22.5. The van der Waals surface area contributed by atoms with Crippen molar-refractivity contribution in [1.82, 2.24) is 5.32 Å². The minimum absolute atomic E-state index is 0. The van der Waals surface area contributed by atoms with Gasteiger partial charge >= 0.3 is 0 Å². The monoisotopic (exact) mass is 552 g/mol. The van der Waals surface area contributed by atoms with Gasteiger partial charge in [-0.2, -0.15) is 0 Å². The number of carbonyl (C=O) groups is 1. The number of aliphatic imine (C=N–C) groups is 1. The molecule has 7 nitrogen and oxygen atoms in total. The van der Waals surface area contributed by atoms with Crippen molar-refractivity contribution in [2.75, 3.05) is 13.2 Å². The highest BCUT2D eigenvalue weighted by Gasteiger charge is 2.17. The van der Waals surface area contributed by atoms with Crippen LogP contribution in [0, 0.1) is 0 Å². The van der Waals surface area contributed by atoms with Gasteiger partial charge in [-0.25, -0.2) is 4.99 Å². The summed E-state index contributed by atoms with van der Waals surface area (Å²) in [7, 11) is 0. The minimum atomic E-state index is -0.611. The Morgan fingerprint density at radius 3 is 1.87 bits per heavy atom. The summed E-state index contributed by atoms with van der Waals surface area (Å²) in [6, 6.07) is 27.0. The number of rotatable bonds is 17. The van der Waals surface area contributed by atoms with Crippen molar-refractivity contribution in [3.8, 4) is 11.5 Å². The van der Waals surface area contributed by atoms with Crippen LogP contribution in [0.4, 0.5) is 0 Å². The van der Waals surface area contributed by atoms with Gasteiger partial charge < -0.3 is 26.3 Å². The summed E-state index contributed by atoms with van der Waals surface area (Å²) in [5.41, 5.74) is 13.2. The number of hydrogen-bond donors (Lipinski definition) is 3. The number of nitrogens with zero attached hydrogens (tertiary/aromatic N) is 1. The van der Waals surface area contributed by atoms with Crippen molar-refractivity contribution < 1.29 is 14.3 Å². The first kappa shape index (κ1) is 31.5. The van der Waals surface area contributed by atoms with Crippen LogP contribution in [0.1, 0.15) is 49.7 Å². The molecule has 0 saturated heterocycles. The van der Waals surface area contributed by atoms with Crippen LogP contribution in [-0.4, -0.2) is 31.1 Å². The second-order valence-electron chi connectivity index (χ2n) is 9.27. The van der Waals surface area contributed by atoms with E-state index >= 15 is 0 Å². The first-order chi connectivity index (χ1) is 18.6. The second kappa shape index (κ2) is 18.5. The van der Waals surface area contributed by atoms with Gasteiger partial charge in [-0.1, -0.05) is 86.3 Å². The van der Waals surface area contributed by atoms with Gasteiger partial charge in [-0.15, -0.1) is 12.4 Å². The molecular formula is C31H41ClN4O3. The van der Waals surface area contributed by atoms with E-state index in [1.54, 1.807) is 0 Å². The number of nitrogens with one attached hydrogen (secondary N) is 1. The zero-order chi connectivity index (χ0) is 26.8. The van der Waals surface area contributed by atoms with Crippen LogP contribution >= 0.6 is 12.4 Å². The van der Waals surface area contributed by atoms with Gasteiger partial charge in [0.15, 0.2) is 5.96 Å². The van der Waals surface area contributed by atoms with E-state index in [4.69, 9.17) is 20.9 Å². The minimum Gasteiger partial charge on any atom is -0.494 e. The molecule has 0 radical (unpaired) electrons. The number of unbranched alkanes of at least 4 members (excludes halogenated alkanes) is 5. The van der Waals surface area contributed by atoms with Gasteiger partial charge in [0.25, 0.3) is 0 Å². The summed E-state index contributed by atoms with van der Waals surface area (Å²) < 4.78 is 11.7. The lowest BCUT2D eigenvalue weighted by molar-refractivity contribution is -0.122. The Morgan fingerprint density at radius 1 is 0.718 bits per heavy atom. The predicted molar refractivity (Wildman–Crippen MR) is 160 cm³/mol. The van der Waals surface area contributed by atoms with E-state index in [9.17, 15) is 4.79 Å². The molecule has 0 spiro atoms. The Hall–Kier alpha value is -3.71. The Labute approximate surface area is 238 Å². The molecule has 0 aromatic heterocycles. The molecule has 5 N–H and O–H groups in total. The van der Waals surface area contributed by atoms with Crippen LogP contribution in [0.2, 0.25) is 0 Å². The summed E-state index contributed by atoms with van der Waals surface area (Å²) in [4.78, 5) is 16.7. The maximum Gasteiger partial charge on any atom is 0.245 e. The van der Waals surface area contributed by atoms with Crippen LogP contribution in [-0.2, 0) is 17.8 Å². The number of hydrogen-bond acceptors (Lipinski definition) is 4. The van der Waals surface area contributed by atoms with Gasteiger partial charge in [0.2, 0.25) is 5.91 Å². The average Bonchev–Trinajstić information content (AvgIpc) is 2.94. The third-order valence-electron chi connectivity index (χ3n) is 6.09. The van der Waals surface area contributed by atoms with E-state index in [-0.39, 0.29) is 24.3 Å². The van der Waals surface area contributed by atoms with E-state index in [1.807, 2.05) is 72.8 Å². The maximum absolute atomic E-state index is 12.6. The molecule has 0 fully saturated rings. The highest BCUT2D eigenvalue weighted by atomic mass is 35.5. The van der Waals surface area contributed by atoms with E-state index in [0.29, 0.717) is 26.2 Å². The molecule has 0 bridgehead atoms. The molecule has 3 rings (SSSR count). The molecule has 1 atom stereocenters. The van der Waals surface area contributed by atoms with E-state index in [0.717, 1.165) is 61.2 Å². The first-order valence-corrected chi connectivity index (χ1v) is 13.4. The van der Waals surface area contributed by atoms with Crippen LogP contribution < -0.4 is 26.3 Å². The molecular weight excluding hydrogens is 512 g/mol. The summed E-state index contributed by atoms with van der Waals surface area (Å²) in [6.07, 6.45) is 6.88. The standard InChI is InChI=1S/C31H40N4O3.ClH/c32-31(33)35-29(23-25-13-7-5-8-14-25)30(36)34-21-11-3-1-2-4-12-22-37-27-17-19-28(20-18-27)38-24-26-15-9-6-10-16-26;/h5-10,13-20,29H,1-4,11-12,21-24H2,(H,34,36)(H4,32,33,35);1H/t29-;/m0./s1. The summed E-state index contributed by atoms with van der Waals surface area (Å²) >= 11 is 0. The summed E-state index contributed by atoms with van der Waals surface area (Å²) in [6.45, 7) is 1.88. The van der Waals surface area contributed by atoms with Crippen molar-refractivity contribution in [2.24, 2.45) is 16.5 Å². The fourth-order valence-electron chi connectivity index (χ4n) is 4.04. The zero-order valence-corrected chi connectivity index (χ0v) is 23.3. The van der Waals surface area contributed by atoms with Gasteiger partial charge in [0.1, 0.15) is 24.1 Å². The topological polar surface area (TPSA) is 112 Å². The third kappa shape index (κ3) is 13.1. The summed E-state index contributed by atoms with van der Waals surface area (Å²) in [5, 5.41) is 2.97. The quantitative estimate of drug-likeness (QED) is 0.118. The number of ether oxygens (including phenoxy) is 2. The highest BCUT2D eigenvalue weighted by Crippen LogP contribution is 2.19. The molecule has 3 aromatic carbocycles. The smallest absolute Gasteiger partial charge is 0.245 e. The predicted octanol–water partition coefficient (Wildman–Crippen LogP) is 5.41. The van der Waals surface area contributed by atoms with Crippen molar-refractivity contribution in [3.05, 3.63) is 96.1 Å². The van der Waals surface area contributed by atoms with E-state index in [1.165, 1.54) is 0 Å². The fourth-order valence-corrected chi connectivity index (χ4v) is 4.04. The second-order valence-corrected chi connectivity index (χ2v) is 9.27. The average molecular weight is 553 g/mol. The normalized spacial score (nSPS) is 11.1. The Balaban J connectivity index is 0.00000533. The van der Waals surface area contributed by atoms with Crippen LogP contribution in [0.5, 0.6) is 11.5 Å². The molecule has 3 aromatic rings. The first-order valence-electron chi connectivity index (χ1n) is 13.4. The lowest BCUT2D eigenvalue weighted by atomic mass is 10.1. The van der Waals surface area contributed by atoms with Crippen molar-refractivity contribution in [3.63, 3.8) is 0 Å². The number of amides is 1.